The van der Waals surface area contributed by atoms with Crippen LogP contribution in [0.2, 0.25) is 0 Å². The first-order valence-electron chi connectivity index (χ1n) is 10.0. The van der Waals surface area contributed by atoms with E-state index >= 15 is 0 Å². The van der Waals surface area contributed by atoms with Crippen molar-refractivity contribution < 1.29 is 0 Å². The van der Waals surface area contributed by atoms with E-state index in [0.29, 0.717) is 5.92 Å². The normalized spacial score (nSPS) is 20.6. The van der Waals surface area contributed by atoms with E-state index in [1.807, 2.05) is 34.3 Å². The third-order valence-electron chi connectivity index (χ3n) is 6.16. The van der Waals surface area contributed by atoms with Crippen LogP contribution in [0.1, 0.15) is 51.0 Å². The van der Waals surface area contributed by atoms with Gasteiger partial charge in [0.15, 0.2) is 0 Å². The second-order valence-electron chi connectivity index (χ2n) is 7.66. The van der Waals surface area contributed by atoms with Crippen LogP contribution < -0.4 is 0 Å². The summed E-state index contributed by atoms with van der Waals surface area (Å²) >= 11 is 4.57. The van der Waals surface area contributed by atoms with Gasteiger partial charge in [-0.3, -0.25) is 8.65 Å². The molecule has 1 aliphatic carbocycles. The average Bonchev–Trinajstić information content (AvgIpc) is 3.26. The molecule has 3 heterocycles. The van der Waals surface area contributed by atoms with Crippen molar-refractivity contribution in [3.63, 3.8) is 0 Å². The van der Waals surface area contributed by atoms with E-state index in [-0.39, 0.29) is 0 Å². The van der Waals surface area contributed by atoms with Gasteiger partial charge in [0.05, 0.1) is 6.20 Å². The number of hydrogen-bond acceptors (Lipinski definition) is 4. The summed E-state index contributed by atoms with van der Waals surface area (Å²) in [6.07, 6.45) is 13.1. The third kappa shape index (κ3) is 3.52. The molecule has 5 nitrogen and oxygen atoms in total. The molecule has 0 N–H and O–H groups in total. The molecule has 3 aromatic heterocycles. The molecule has 1 saturated carbocycles. The molecule has 144 valence electrons. The van der Waals surface area contributed by atoms with Gasteiger partial charge in [-0.15, -0.1) is 0 Å². The molecule has 0 unspecified atom stereocenters. The Balaban J connectivity index is 1.61. The summed E-state index contributed by atoms with van der Waals surface area (Å²) < 4.78 is 3.65. The third-order valence-corrected chi connectivity index (χ3v) is 6.46. The minimum absolute atomic E-state index is 0.610. The second kappa shape index (κ2) is 7.68. The van der Waals surface area contributed by atoms with Crippen molar-refractivity contribution in [1.82, 2.24) is 23.6 Å². The molecule has 1 aliphatic rings. The van der Waals surface area contributed by atoms with E-state index < -0.39 is 0 Å². The average molecular weight is 384 g/mol. The highest BCUT2D eigenvalue weighted by Crippen LogP contribution is 2.37. The molecule has 6 heteroatoms. The molecule has 3 aromatic rings. The standard InChI is InChI=1S/C21H29N5S/c1-4-25(5-2)18-8-6-15(7-9-18)16-10-19-20(17-12-23-24(3)13-17)14-26(27)21(19)22-11-16/h10-15,18,27H,4-9H2,1-3H3. The minimum atomic E-state index is 0.610. The van der Waals surface area contributed by atoms with Crippen molar-refractivity contribution in [3.05, 3.63) is 36.4 Å². The lowest BCUT2D eigenvalue weighted by Gasteiger charge is -2.35. The molecule has 0 aliphatic heterocycles. The van der Waals surface area contributed by atoms with Gasteiger partial charge in [0, 0.05) is 48.2 Å². The van der Waals surface area contributed by atoms with E-state index in [0.717, 1.165) is 35.9 Å². The van der Waals surface area contributed by atoms with Gasteiger partial charge in [-0.25, -0.2) is 4.98 Å². The quantitative estimate of drug-likeness (QED) is 0.660. The SMILES string of the molecule is CCN(CC)C1CCC(c2cnc3c(c2)c(-c2cnn(C)c2)cn3S)CC1. The number of rotatable bonds is 5. The molecular weight excluding hydrogens is 354 g/mol. The summed E-state index contributed by atoms with van der Waals surface area (Å²) in [4.78, 5) is 7.35. The number of thiol groups is 1. The van der Waals surface area contributed by atoms with E-state index in [2.05, 4.69) is 48.9 Å². The highest BCUT2D eigenvalue weighted by Gasteiger charge is 2.26. The summed E-state index contributed by atoms with van der Waals surface area (Å²) in [5.74, 6) is 0.610. The molecule has 0 atom stereocenters. The zero-order valence-electron chi connectivity index (χ0n) is 16.5. The van der Waals surface area contributed by atoms with Crippen LogP contribution >= 0.6 is 12.8 Å². The van der Waals surface area contributed by atoms with E-state index in [1.165, 1.54) is 36.6 Å². The highest BCUT2D eigenvalue weighted by molar-refractivity contribution is 7.78. The molecular formula is C21H29N5S. The smallest absolute Gasteiger partial charge is 0.150 e. The predicted octanol–water partition coefficient (Wildman–Crippen LogP) is 4.50. The molecule has 0 bridgehead atoms. The van der Waals surface area contributed by atoms with E-state index in [9.17, 15) is 0 Å². The maximum atomic E-state index is 4.74. The molecule has 27 heavy (non-hydrogen) atoms. The molecule has 4 rings (SSSR count). The summed E-state index contributed by atoms with van der Waals surface area (Å²) in [7, 11) is 1.95. The first kappa shape index (κ1) is 18.6. The van der Waals surface area contributed by atoms with Gasteiger partial charge < -0.3 is 4.90 Å². The Morgan fingerprint density at radius 1 is 1.11 bits per heavy atom. The summed E-state index contributed by atoms with van der Waals surface area (Å²) in [6, 6.07) is 3.08. The van der Waals surface area contributed by atoms with Gasteiger partial charge in [0.2, 0.25) is 0 Å². The lowest BCUT2D eigenvalue weighted by Crippen LogP contribution is -2.37. The van der Waals surface area contributed by atoms with Crippen molar-refractivity contribution in [3.8, 4) is 11.1 Å². The van der Waals surface area contributed by atoms with Crippen molar-refractivity contribution in [2.45, 2.75) is 51.5 Å². The Kier molecular flexibility index (Phi) is 5.28. The molecule has 0 aromatic carbocycles. The van der Waals surface area contributed by atoms with E-state index in [4.69, 9.17) is 4.98 Å². The Morgan fingerprint density at radius 3 is 2.48 bits per heavy atom. The van der Waals surface area contributed by atoms with Crippen LogP contribution in [-0.4, -0.2) is 42.8 Å². The maximum Gasteiger partial charge on any atom is 0.150 e. The van der Waals surface area contributed by atoms with Gasteiger partial charge in [-0.2, -0.15) is 5.10 Å². The Labute approximate surface area is 166 Å². The summed E-state index contributed by atoms with van der Waals surface area (Å²) in [5, 5.41) is 5.49. The second-order valence-corrected chi connectivity index (χ2v) is 8.09. The Bertz CT molecular complexity index is 916. The van der Waals surface area contributed by atoms with Crippen molar-refractivity contribution >= 4 is 23.8 Å². The van der Waals surface area contributed by atoms with Crippen LogP contribution in [0.25, 0.3) is 22.2 Å². The van der Waals surface area contributed by atoms with Crippen LogP contribution in [0.3, 0.4) is 0 Å². The van der Waals surface area contributed by atoms with Crippen LogP contribution in [-0.2, 0) is 7.05 Å². The summed E-state index contributed by atoms with van der Waals surface area (Å²) in [6.45, 7) is 6.86. The van der Waals surface area contributed by atoms with Gasteiger partial charge in [0.1, 0.15) is 5.65 Å². The zero-order valence-corrected chi connectivity index (χ0v) is 17.4. The molecule has 1 fully saturated rings. The van der Waals surface area contributed by atoms with Crippen molar-refractivity contribution in [2.24, 2.45) is 7.05 Å². The number of aromatic nitrogens is 4. The summed E-state index contributed by atoms with van der Waals surface area (Å²) in [5.41, 5.74) is 4.54. The number of fused-ring (bicyclic) bond motifs is 1. The zero-order chi connectivity index (χ0) is 19.0. The first-order valence-corrected chi connectivity index (χ1v) is 10.4. The number of pyridine rings is 1. The van der Waals surface area contributed by atoms with E-state index in [1.54, 1.807) is 0 Å². The van der Waals surface area contributed by atoms with Gasteiger partial charge >= 0.3 is 0 Å². The first-order chi connectivity index (χ1) is 13.1. The lowest BCUT2D eigenvalue weighted by atomic mass is 9.81. The predicted molar refractivity (Wildman–Crippen MR) is 114 cm³/mol. The fourth-order valence-electron chi connectivity index (χ4n) is 4.64. The molecule has 0 spiro atoms. The molecule has 0 radical (unpaired) electrons. The highest BCUT2D eigenvalue weighted by atomic mass is 32.1. The van der Waals surface area contributed by atoms with Gasteiger partial charge in [-0.1, -0.05) is 26.7 Å². The van der Waals surface area contributed by atoms with Crippen LogP contribution in [0.4, 0.5) is 0 Å². The van der Waals surface area contributed by atoms with Crippen LogP contribution in [0, 0.1) is 0 Å². The van der Waals surface area contributed by atoms with Gasteiger partial charge in [-0.05, 0) is 56.3 Å². The number of hydrogen-bond donors (Lipinski definition) is 1. The van der Waals surface area contributed by atoms with Crippen molar-refractivity contribution in [1.29, 1.82) is 0 Å². The lowest BCUT2D eigenvalue weighted by molar-refractivity contribution is 0.164. The van der Waals surface area contributed by atoms with Crippen LogP contribution in [0.15, 0.2) is 30.9 Å². The topological polar surface area (TPSA) is 38.9 Å². The molecule has 0 amide bonds. The fourth-order valence-corrected chi connectivity index (χ4v) is 4.91. The maximum absolute atomic E-state index is 4.74. The largest absolute Gasteiger partial charge is 0.301 e. The molecule has 0 saturated heterocycles. The van der Waals surface area contributed by atoms with Gasteiger partial charge in [0.25, 0.3) is 0 Å². The van der Waals surface area contributed by atoms with Crippen LogP contribution in [0.5, 0.6) is 0 Å². The fraction of sp³-hybridized carbons (Fsp3) is 0.524. The minimum Gasteiger partial charge on any atom is -0.301 e. The monoisotopic (exact) mass is 383 g/mol. The Morgan fingerprint density at radius 2 is 1.85 bits per heavy atom. The number of nitrogens with zero attached hydrogens (tertiary/aromatic N) is 5. The number of aryl methyl sites for hydroxylation is 1. The Hall–Kier alpha value is -1.79. The van der Waals surface area contributed by atoms with Crippen molar-refractivity contribution in [2.75, 3.05) is 13.1 Å².